The molecule has 10 heteroatoms. The molecule has 0 unspecified atom stereocenters. The molecule has 1 N–H and O–H groups in total. The summed E-state index contributed by atoms with van der Waals surface area (Å²) in [4.78, 5) is 12.1. The third-order valence-electron chi connectivity index (χ3n) is 8.07. The number of esters is 1. The predicted molar refractivity (Wildman–Crippen MR) is 202 cm³/mol. The van der Waals surface area contributed by atoms with Gasteiger partial charge in [-0.2, -0.15) is 0 Å². The van der Waals surface area contributed by atoms with Crippen LogP contribution in [-0.4, -0.2) is 112 Å². The summed E-state index contributed by atoms with van der Waals surface area (Å²) in [6, 6.07) is 7.32. The van der Waals surface area contributed by atoms with E-state index in [0.29, 0.717) is 91.5 Å². The van der Waals surface area contributed by atoms with E-state index in [0.717, 1.165) is 38.1 Å². The molecule has 0 amide bonds. The lowest BCUT2D eigenvalue weighted by atomic mass is 10.0. The van der Waals surface area contributed by atoms with Crippen LogP contribution in [-0.2, 0) is 37.9 Å². The topological polar surface area (TPSA) is 103 Å². The molecular formula is C40H73NO9. The van der Waals surface area contributed by atoms with Crippen molar-refractivity contribution in [3.05, 3.63) is 29.8 Å². The summed E-state index contributed by atoms with van der Waals surface area (Å²) < 4.78 is 44.0. The maximum atomic E-state index is 12.1. The molecule has 1 rings (SSSR count). The monoisotopic (exact) mass is 712 g/mol. The van der Waals surface area contributed by atoms with Crippen molar-refractivity contribution in [2.45, 2.75) is 110 Å². The van der Waals surface area contributed by atoms with Crippen LogP contribution in [0, 0.1) is 0 Å². The van der Waals surface area contributed by atoms with Gasteiger partial charge in [-0.25, -0.2) is 4.79 Å². The Morgan fingerprint density at radius 2 is 0.760 bits per heavy atom. The zero-order valence-electron chi connectivity index (χ0n) is 31.9. The summed E-state index contributed by atoms with van der Waals surface area (Å²) in [5, 5.41) is 3.32. The molecule has 292 valence electrons. The Kier molecular flexibility index (Phi) is 35.5. The average Bonchev–Trinajstić information content (AvgIpc) is 3.13. The van der Waals surface area contributed by atoms with Crippen LogP contribution in [0.25, 0.3) is 0 Å². The molecule has 0 saturated carbocycles. The van der Waals surface area contributed by atoms with E-state index in [9.17, 15) is 4.79 Å². The van der Waals surface area contributed by atoms with Crippen molar-refractivity contribution in [1.29, 1.82) is 0 Å². The molecule has 1 aromatic rings. The van der Waals surface area contributed by atoms with Crippen LogP contribution in [0.5, 0.6) is 0 Å². The Morgan fingerprint density at radius 3 is 1.16 bits per heavy atom. The summed E-state index contributed by atoms with van der Waals surface area (Å²) in [6.07, 6.45) is 20.0. The van der Waals surface area contributed by atoms with Gasteiger partial charge in [-0.3, -0.25) is 0 Å². The third kappa shape index (κ3) is 32.1. The van der Waals surface area contributed by atoms with Gasteiger partial charge in [0.15, 0.2) is 0 Å². The Hall–Kier alpha value is -1.79. The van der Waals surface area contributed by atoms with Crippen molar-refractivity contribution in [3.63, 3.8) is 0 Å². The number of rotatable bonds is 40. The second-order valence-corrected chi connectivity index (χ2v) is 12.5. The minimum absolute atomic E-state index is 0.201. The Bertz CT molecular complexity index is 828. The molecule has 0 aliphatic heterocycles. The molecule has 10 nitrogen and oxygen atoms in total. The van der Waals surface area contributed by atoms with Crippen molar-refractivity contribution >= 4 is 11.7 Å². The van der Waals surface area contributed by atoms with E-state index in [2.05, 4.69) is 19.2 Å². The number of anilines is 1. The van der Waals surface area contributed by atoms with Crippen molar-refractivity contribution in [2.75, 3.05) is 111 Å². The van der Waals surface area contributed by atoms with Crippen molar-refractivity contribution < 1.29 is 42.7 Å². The molecule has 0 aliphatic carbocycles. The van der Waals surface area contributed by atoms with Crippen LogP contribution in [0.4, 0.5) is 5.69 Å². The molecule has 0 bridgehead atoms. The molecule has 0 spiro atoms. The fourth-order valence-electron chi connectivity index (χ4n) is 5.05. The fourth-order valence-corrected chi connectivity index (χ4v) is 5.05. The van der Waals surface area contributed by atoms with Gasteiger partial charge in [0.1, 0.15) is 6.61 Å². The zero-order valence-corrected chi connectivity index (χ0v) is 31.9. The number of carbonyl (C=O) groups is 1. The first-order chi connectivity index (χ1) is 24.8. The van der Waals surface area contributed by atoms with Crippen molar-refractivity contribution in [2.24, 2.45) is 0 Å². The van der Waals surface area contributed by atoms with Crippen molar-refractivity contribution in [1.82, 2.24) is 0 Å². The molecule has 0 aromatic heterocycles. The number of hydrogen-bond acceptors (Lipinski definition) is 10. The van der Waals surface area contributed by atoms with Gasteiger partial charge in [-0.15, -0.1) is 0 Å². The third-order valence-corrected chi connectivity index (χ3v) is 8.07. The molecule has 0 heterocycles. The second kappa shape index (κ2) is 38.4. The van der Waals surface area contributed by atoms with Crippen molar-refractivity contribution in [3.8, 4) is 0 Å². The number of ether oxygens (including phenoxy) is 8. The Balaban J connectivity index is 1.69. The number of unbranched alkanes of at least 4 members (excludes halogenated alkanes) is 13. The van der Waals surface area contributed by atoms with Crippen LogP contribution in [0.3, 0.4) is 0 Å². The van der Waals surface area contributed by atoms with Gasteiger partial charge in [0.2, 0.25) is 0 Å². The maximum absolute atomic E-state index is 12.1. The van der Waals surface area contributed by atoms with Crippen LogP contribution in [0.2, 0.25) is 0 Å². The van der Waals surface area contributed by atoms with Crippen LogP contribution < -0.4 is 5.32 Å². The number of hydrogen-bond donors (Lipinski definition) is 1. The number of carbonyl (C=O) groups excluding carboxylic acids is 1. The van der Waals surface area contributed by atoms with Gasteiger partial charge < -0.3 is 43.2 Å². The quantitative estimate of drug-likeness (QED) is 0.0529. The minimum Gasteiger partial charge on any atom is -0.460 e. The van der Waals surface area contributed by atoms with Gasteiger partial charge in [0.05, 0.1) is 91.5 Å². The summed E-state index contributed by atoms with van der Waals surface area (Å²) in [7, 11) is 0. The highest BCUT2D eigenvalue weighted by Crippen LogP contribution is 2.13. The summed E-state index contributed by atoms with van der Waals surface area (Å²) in [5.41, 5.74) is 1.53. The minimum atomic E-state index is -0.352. The largest absolute Gasteiger partial charge is 0.460 e. The van der Waals surface area contributed by atoms with E-state index in [1.165, 1.54) is 77.0 Å². The lowest BCUT2D eigenvalue weighted by Crippen LogP contribution is -2.15. The van der Waals surface area contributed by atoms with Gasteiger partial charge in [-0.1, -0.05) is 97.3 Å². The molecule has 0 atom stereocenters. The van der Waals surface area contributed by atoms with E-state index >= 15 is 0 Å². The van der Waals surface area contributed by atoms with Gasteiger partial charge >= 0.3 is 5.97 Å². The SMILES string of the molecule is CCCCCCCCCCCCCCCOCCOCCOCCOCCOCCOCCOCCOC(=O)c1ccc(NCCCC)cc1. The predicted octanol–water partition coefficient (Wildman–Crippen LogP) is 8.26. The first-order valence-corrected chi connectivity index (χ1v) is 19.8. The fraction of sp³-hybridized carbons (Fsp3) is 0.825. The van der Waals surface area contributed by atoms with Gasteiger partial charge in [-0.05, 0) is 37.1 Å². The van der Waals surface area contributed by atoms with E-state index in [1.54, 1.807) is 12.1 Å². The van der Waals surface area contributed by atoms with E-state index in [1.807, 2.05) is 12.1 Å². The summed E-state index contributed by atoms with van der Waals surface area (Å²) in [6.45, 7) is 13.0. The Morgan fingerprint density at radius 1 is 0.420 bits per heavy atom. The van der Waals surface area contributed by atoms with Crippen LogP contribution >= 0.6 is 0 Å². The van der Waals surface area contributed by atoms with Crippen LogP contribution in [0.15, 0.2) is 24.3 Å². The lowest BCUT2D eigenvalue weighted by Gasteiger charge is -2.09. The highest BCUT2D eigenvalue weighted by atomic mass is 16.6. The van der Waals surface area contributed by atoms with Gasteiger partial charge in [0.25, 0.3) is 0 Å². The standard InChI is InChI=1S/C40H73NO9/c1-3-5-7-8-9-10-11-12-13-14-15-16-17-23-43-24-25-44-26-27-45-28-29-46-30-31-47-32-33-48-34-35-49-36-37-50-40(42)38-18-20-39(21-19-38)41-22-6-4-2/h18-21,41H,3-17,22-37H2,1-2H3. The second-order valence-electron chi connectivity index (χ2n) is 12.5. The van der Waals surface area contributed by atoms with E-state index in [-0.39, 0.29) is 12.6 Å². The maximum Gasteiger partial charge on any atom is 0.338 e. The van der Waals surface area contributed by atoms with E-state index < -0.39 is 0 Å². The molecule has 0 radical (unpaired) electrons. The van der Waals surface area contributed by atoms with Gasteiger partial charge in [0, 0.05) is 18.8 Å². The molecule has 0 aliphatic rings. The molecular weight excluding hydrogens is 638 g/mol. The zero-order chi connectivity index (χ0) is 35.8. The lowest BCUT2D eigenvalue weighted by molar-refractivity contribution is -0.0223. The first-order valence-electron chi connectivity index (χ1n) is 19.8. The van der Waals surface area contributed by atoms with Crippen LogP contribution in [0.1, 0.15) is 121 Å². The molecule has 0 saturated heterocycles. The molecule has 1 aromatic carbocycles. The summed E-state index contributed by atoms with van der Waals surface area (Å²) >= 11 is 0. The highest BCUT2D eigenvalue weighted by Gasteiger charge is 2.07. The Labute approximate surface area is 304 Å². The summed E-state index contributed by atoms with van der Waals surface area (Å²) in [5.74, 6) is -0.352. The highest BCUT2D eigenvalue weighted by molar-refractivity contribution is 5.89. The first kappa shape index (κ1) is 46.2. The number of benzene rings is 1. The van der Waals surface area contributed by atoms with E-state index in [4.69, 9.17) is 37.9 Å². The smallest absolute Gasteiger partial charge is 0.338 e. The average molecular weight is 712 g/mol. The molecule has 0 fully saturated rings. The normalized spacial score (nSPS) is 11.3. The number of nitrogens with one attached hydrogen (secondary N) is 1. The molecule has 50 heavy (non-hydrogen) atoms.